The number of nitrogens with zero attached hydrogens (tertiary/aromatic N) is 1. The monoisotopic (exact) mass is 261 g/mol. The summed E-state index contributed by atoms with van der Waals surface area (Å²) < 4.78 is 5.50. The number of carboxylic acids is 1. The highest BCUT2D eigenvalue weighted by molar-refractivity contribution is 5.80. The van der Waals surface area contributed by atoms with E-state index in [9.17, 15) is 4.79 Å². The molecule has 0 fully saturated rings. The number of carboxylic acid groups (broad SMARTS) is 1. The van der Waals surface area contributed by atoms with Crippen LogP contribution in [0.1, 0.15) is 19.4 Å². The quantitative estimate of drug-likeness (QED) is 0.868. The Balaban J connectivity index is 2.12. The zero-order chi connectivity index (χ0) is 13.8. The SMILES string of the molecule is CCN(Cc1coc2ccccc12)CC(C)C(=O)O. The fraction of sp³-hybridized carbons (Fsp3) is 0.400. The van der Waals surface area contributed by atoms with Gasteiger partial charge in [-0.2, -0.15) is 0 Å². The van der Waals surface area contributed by atoms with Crippen molar-refractivity contribution in [3.8, 4) is 0 Å². The summed E-state index contributed by atoms with van der Waals surface area (Å²) in [6, 6.07) is 7.90. The Hall–Kier alpha value is -1.81. The molecule has 2 aromatic rings. The molecule has 0 aliphatic heterocycles. The number of rotatable bonds is 6. The summed E-state index contributed by atoms with van der Waals surface area (Å²) in [5.41, 5.74) is 1.98. The molecule has 2 rings (SSSR count). The molecule has 0 radical (unpaired) electrons. The fourth-order valence-electron chi connectivity index (χ4n) is 2.17. The molecule has 4 nitrogen and oxygen atoms in total. The summed E-state index contributed by atoms with van der Waals surface area (Å²) in [6.45, 7) is 5.85. The van der Waals surface area contributed by atoms with Gasteiger partial charge in [0.1, 0.15) is 5.58 Å². The number of fused-ring (bicyclic) bond motifs is 1. The number of benzene rings is 1. The number of furan rings is 1. The maximum Gasteiger partial charge on any atom is 0.307 e. The molecule has 4 heteroatoms. The van der Waals surface area contributed by atoms with Gasteiger partial charge in [-0.1, -0.05) is 32.0 Å². The van der Waals surface area contributed by atoms with Crippen LogP contribution in [0.4, 0.5) is 0 Å². The first-order valence-electron chi connectivity index (χ1n) is 6.52. The largest absolute Gasteiger partial charge is 0.481 e. The molecular weight excluding hydrogens is 242 g/mol. The number of carbonyl (C=O) groups is 1. The van der Waals surface area contributed by atoms with Crippen molar-refractivity contribution in [2.24, 2.45) is 5.92 Å². The van der Waals surface area contributed by atoms with Crippen LogP contribution in [0.2, 0.25) is 0 Å². The fourth-order valence-corrected chi connectivity index (χ4v) is 2.17. The van der Waals surface area contributed by atoms with E-state index in [4.69, 9.17) is 9.52 Å². The molecule has 1 N–H and O–H groups in total. The summed E-state index contributed by atoms with van der Waals surface area (Å²) in [5, 5.41) is 10.1. The Morgan fingerprint density at radius 1 is 1.42 bits per heavy atom. The number of hydrogen-bond acceptors (Lipinski definition) is 3. The van der Waals surface area contributed by atoms with Gasteiger partial charge in [0.05, 0.1) is 12.2 Å². The molecule has 1 aromatic carbocycles. The van der Waals surface area contributed by atoms with Crippen molar-refractivity contribution < 1.29 is 14.3 Å². The number of aliphatic carboxylic acids is 1. The molecule has 0 amide bonds. The molecule has 19 heavy (non-hydrogen) atoms. The van der Waals surface area contributed by atoms with Crippen molar-refractivity contribution in [2.75, 3.05) is 13.1 Å². The standard InChI is InChI=1S/C15H19NO3/c1-3-16(8-11(2)15(17)18)9-12-10-19-14-7-5-4-6-13(12)14/h4-7,10-11H,3,8-9H2,1-2H3,(H,17,18). The zero-order valence-electron chi connectivity index (χ0n) is 11.3. The van der Waals surface area contributed by atoms with Crippen LogP contribution in [0.5, 0.6) is 0 Å². The highest BCUT2D eigenvalue weighted by Gasteiger charge is 2.16. The van der Waals surface area contributed by atoms with E-state index in [1.165, 1.54) is 0 Å². The molecule has 1 heterocycles. The van der Waals surface area contributed by atoms with E-state index < -0.39 is 5.97 Å². The van der Waals surface area contributed by atoms with Gasteiger partial charge in [-0.05, 0) is 12.6 Å². The third-order valence-electron chi connectivity index (χ3n) is 3.36. The van der Waals surface area contributed by atoms with Gasteiger partial charge in [-0.15, -0.1) is 0 Å². The molecule has 0 bridgehead atoms. The first-order chi connectivity index (χ1) is 9.11. The minimum Gasteiger partial charge on any atom is -0.481 e. The van der Waals surface area contributed by atoms with Gasteiger partial charge in [-0.3, -0.25) is 9.69 Å². The van der Waals surface area contributed by atoms with Gasteiger partial charge in [-0.25, -0.2) is 0 Å². The lowest BCUT2D eigenvalue weighted by molar-refractivity contribution is -0.141. The van der Waals surface area contributed by atoms with Crippen LogP contribution in [0, 0.1) is 5.92 Å². The van der Waals surface area contributed by atoms with Crippen molar-refractivity contribution in [1.82, 2.24) is 4.90 Å². The van der Waals surface area contributed by atoms with E-state index in [1.54, 1.807) is 13.2 Å². The Labute approximate surface area is 112 Å². The van der Waals surface area contributed by atoms with Crippen LogP contribution in [-0.4, -0.2) is 29.1 Å². The van der Waals surface area contributed by atoms with Gasteiger partial charge in [0.25, 0.3) is 0 Å². The highest BCUT2D eigenvalue weighted by Crippen LogP contribution is 2.22. The van der Waals surface area contributed by atoms with Crippen LogP contribution in [0.15, 0.2) is 34.9 Å². The molecule has 1 aromatic heterocycles. The Kier molecular flexibility index (Phi) is 4.22. The van der Waals surface area contributed by atoms with Gasteiger partial charge < -0.3 is 9.52 Å². The normalized spacial score (nSPS) is 13.0. The number of hydrogen-bond donors (Lipinski definition) is 1. The van der Waals surface area contributed by atoms with E-state index in [0.717, 1.165) is 23.1 Å². The van der Waals surface area contributed by atoms with E-state index in [-0.39, 0.29) is 5.92 Å². The van der Waals surface area contributed by atoms with Crippen LogP contribution < -0.4 is 0 Å². The molecule has 0 spiro atoms. The summed E-state index contributed by atoms with van der Waals surface area (Å²) in [4.78, 5) is 13.0. The highest BCUT2D eigenvalue weighted by atomic mass is 16.4. The molecule has 1 unspecified atom stereocenters. The van der Waals surface area contributed by atoms with E-state index in [1.807, 2.05) is 31.2 Å². The predicted molar refractivity (Wildman–Crippen MR) is 74.0 cm³/mol. The first kappa shape index (κ1) is 13.6. The van der Waals surface area contributed by atoms with Crippen LogP contribution >= 0.6 is 0 Å². The molecular formula is C15H19NO3. The minimum absolute atomic E-state index is 0.363. The molecule has 0 aliphatic carbocycles. The van der Waals surface area contributed by atoms with Crippen LogP contribution in [-0.2, 0) is 11.3 Å². The molecule has 0 aliphatic rings. The maximum absolute atomic E-state index is 10.9. The van der Waals surface area contributed by atoms with Crippen molar-refractivity contribution in [1.29, 1.82) is 0 Å². The van der Waals surface area contributed by atoms with Crippen LogP contribution in [0.25, 0.3) is 11.0 Å². The van der Waals surface area contributed by atoms with Crippen molar-refractivity contribution in [3.05, 3.63) is 36.1 Å². The van der Waals surface area contributed by atoms with E-state index in [0.29, 0.717) is 13.1 Å². The zero-order valence-corrected chi connectivity index (χ0v) is 11.3. The van der Waals surface area contributed by atoms with Gasteiger partial charge in [0.2, 0.25) is 0 Å². The van der Waals surface area contributed by atoms with Crippen molar-refractivity contribution >= 4 is 16.9 Å². The Bertz CT molecular complexity index is 561. The lowest BCUT2D eigenvalue weighted by atomic mass is 10.1. The minimum atomic E-state index is -0.754. The lowest BCUT2D eigenvalue weighted by Crippen LogP contribution is -2.31. The summed E-state index contributed by atoms with van der Waals surface area (Å²) in [7, 11) is 0. The van der Waals surface area contributed by atoms with E-state index >= 15 is 0 Å². The summed E-state index contributed by atoms with van der Waals surface area (Å²) in [5.74, 6) is -1.12. The van der Waals surface area contributed by atoms with Gasteiger partial charge in [0.15, 0.2) is 0 Å². The third-order valence-corrected chi connectivity index (χ3v) is 3.36. The second-order valence-electron chi connectivity index (χ2n) is 4.82. The molecule has 0 saturated carbocycles. The topological polar surface area (TPSA) is 53.7 Å². The Morgan fingerprint density at radius 2 is 2.16 bits per heavy atom. The van der Waals surface area contributed by atoms with Gasteiger partial charge >= 0.3 is 5.97 Å². The molecule has 0 saturated heterocycles. The molecule has 1 atom stereocenters. The van der Waals surface area contributed by atoms with Gasteiger partial charge in [0, 0.05) is 24.0 Å². The smallest absolute Gasteiger partial charge is 0.307 e. The van der Waals surface area contributed by atoms with Crippen LogP contribution in [0.3, 0.4) is 0 Å². The second kappa shape index (κ2) is 5.89. The Morgan fingerprint density at radius 3 is 2.84 bits per heavy atom. The lowest BCUT2D eigenvalue weighted by Gasteiger charge is -2.21. The van der Waals surface area contributed by atoms with Crippen molar-refractivity contribution in [2.45, 2.75) is 20.4 Å². The maximum atomic E-state index is 10.9. The van der Waals surface area contributed by atoms with Crippen molar-refractivity contribution in [3.63, 3.8) is 0 Å². The summed E-state index contributed by atoms with van der Waals surface area (Å²) >= 11 is 0. The average Bonchev–Trinajstić information content (AvgIpc) is 2.81. The first-order valence-corrected chi connectivity index (χ1v) is 6.52. The second-order valence-corrected chi connectivity index (χ2v) is 4.82. The number of para-hydroxylation sites is 1. The molecule has 102 valence electrons. The summed E-state index contributed by atoms with van der Waals surface area (Å²) in [6.07, 6.45) is 1.76. The van der Waals surface area contributed by atoms with E-state index in [2.05, 4.69) is 4.90 Å². The third kappa shape index (κ3) is 3.15. The average molecular weight is 261 g/mol. The predicted octanol–water partition coefficient (Wildman–Crippen LogP) is 2.98.